The van der Waals surface area contributed by atoms with Crippen molar-refractivity contribution < 1.29 is 4.79 Å². The van der Waals surface area contributed by atoms with Gasteiger partial charge in [-0.1, -0.05) is 18.2 Å². The van der Waals surface area contributed by atoms with Crippen molar-refractivity contribution >= 4 is 39.2 Å². The summed E-state index contributed by atoms with van der Waals surface area (Å²) < 4.78 is 2.21. The molecule has 0 aromatic carbocycles. The second kappa shape index (κ2) is 5.57. The average molecular weight is 309 g/mol. The molecule has 1 aliphatic rings. The Labute approximate surface area is 124 Å². The Morgan fingerprint density at radius 1 is 1.45 bits per heavy atom. The first-order chi connectivity index (χ1) is 9.66. The summed E-state index contributed by atoms with van der Waals surface area (Å²) in [6.07, 6.45) is 2.86. The van der Waals surface area contributed by atoms with Crippen LogP contribution in [-0.2, 0) is 11.8 Å². The van der Waals surface area contributed by atoms with Crippen LogP contribution in [0.2, 0.25) is 0 Å². The van der Waals surface area contributed by atoms with Crippen LogP contribution in [0.5, 0.6) is 0 Å². The molecule has 1 aliphatic heterocycles. The van der Waals surface area contributed by atoms with Gasteiger partial charge in [0, 0.05) is 13.6 Å². The van der Waals surface area contributed by atoms with E-state index in [0.29, 0.717) is 9.86 Å². The van der Waals surface area contributed by atoms with E-state index in [0.717, 1.165) is 31.3 Å². The third-order valence-corrected chi connectivity index (χ3v) is 5.58. The lowest BCUT2D eigenvalue weighted by molar-refractivity contribution is -0.120. The second-order valence-corrected chi connectivity index (χ2v) is 6.87. The van der Waals surface area contributed by atoms with Gasteiger partial charge in [-0.05, 0) is 24.3 Å². The maximum atomic E-state index is 12.2. The number of rotatable bonds is 2. The van der Waals surface area contributed by atoms with E-state index in [9.17, 15) is 9.59 Å². The minimum absolute atomic E-state index is 0.0402. The molecule has 1 saturated heterocycles. The molecule has 20 heavy (non-hydrogen) atoms. The van der Waals surface area contributed by atoms with Crippen molar-refractivity contribution in [1.29, 1.82) is 0 Å². The van der Waals surface area contributed by atoms with Crippen LogP contribution >= 0.6 is 23.1 Å². The largest absolute Gasteiger partial charge is 0.355 e. The van der Waals surface area contributed by atoms with Gasteiger partial charge in [0.25, 0.3) is 5.56 Å². The summed E-state index contributed by atoms with van der Waals surface area (Å²) in [5.74, 6) is 0.0483. The quantitative estimate of drug-likeness (QED) is 0.859. The maximum absolute atomic E-state index is 12.2. The molecule has 0 saturated carbocycles. The van der Waals surface area contributed by atoms with Gasteiger partial charge in [-0.2, -0.15) is 0 Å². The number of hydrogen-bond acceptors (Lipinski definition) is 5. The van der Waals surface area contributed by atoms with Crippen molar-refractivity contribution in [3.8, 4) is 0 Å². The normalized spacial score (nSPS) is 19.9. The number of carbonyl (C=O) groups is 1. The molecule has 2 aromatic rings. The first-order valence-corrected chi connectivity index (χ1v) is 8.31. The molecule has 1 fully saturated rings. The lowest BCUT2D eigenvalue weighted by Gasteiger charge is -2.14. The van der Waals surface area contributed by atoms with Gasteiger partial charge in [0.05, 0.1) is 10.8 Å². The van der Waals surface area contributed by atoms with E-state index in [4.69, 9.17) is 0 Å². The smallest absolute Gasteiger partial charge is 0.271 e. The summed E-state index contributed by atoms with van der Waals surface area (Å²) in [4.78, 5) is 28.7. The fraction of sp³-hybridized carbons (Fsp3) is 0.462. The molecule has 5 nitrogen and oxygen atoms in total. The minimum Gasteiger partial charge on any atom is -0.355 e. The van der Waals surface area contributed by atoms with Crippen LogP contribution in [0.3, 0.4) is 0 Å². The lowest BCUT2D eigenvalue weighted by atomic mass is 10.2. The number of nitrogens with zero attached hydrogens (tertiary/aromatic N) is 2. The van der Waals surface area contributed by atoms with Crippen LogP contribution in [-0.4, -0.2) is 27.3 Å². The second-order valence-electron chi connectivity index (χ2n) is 4.79. The van der Waals surface area contributed by atoms with E-state index >= 15 is 0 Å². The first-order valence-electron chi connectivity index (χ1n) is 6.55. The van der Waals surface area contributed by atoms with E-state index in [1.807, 2.05) is 11.4 Å². The average Bonchev–Trinajstić information content (AvgIpc) is 2.81. The van der Waals surface area contributed by atoms with Crippen molar-refractivity contribution in [2.24, 2.45) is 7.05 Å². The van der Waals surface area contributed by atoms with Gasteiger partial charge < -0.3 is 5.32 Å². The Kier molecular flexibility index (Phi) is 3.80. The topological polar surface area (TPSA) is 64.0 Å². The number of aromatic nitrogens is 2. The van der Waals surface area contributed by atoms with Crippen LogP contribution in [0, 0.1) is 0 Å². The predicted molar refractivity (Wildman–Crippen MR) is 81.4 cm³/mol. The standard InChI is InChI=1S/C13H15N3O2S2/c1-16-12(18)10-8(5-7-19-10)15-13(16)20-9-4-2-3-6-14-11(9)17/h5,7,9H,2-4,6H2,1H3,(H,14,17)/t9-/m0/s1. The molecule has 106 valence electrons. The molecule has 0 unspecified atom stereocenters. The lowest BCUT2D eigenvalue weighted by Crippen LogP contribution is -2.31. The van der Waals surface area contributed by atoms with Crippen LogP contribution < -0.4 is 10.9 Å². The SMILES string of the molecule is Cn1c(S[C@H]2CCCCNC2=O)nc2ccsc2c1=O. The number of thiophene rings is 1. The van der Waals surface area contributed by atoms with Crippen LogP contribution in [0.25, 0.3) is 10.2 Å². The third kappa shape index (κ3) is 2.47. The first kappa shape index (κ1) is 13.6. The Morgan fingerprint density at radius 2 is 2.30 bits per heavy atom. The van der Waals surface area contributed by atoms with Crippen LogP contribution in [0.1, 0.15) is 19.3 Å². The van der Waals surface area contributed by atoms with Gasteiger partial charge in [-0.15, -0.1) is 11.3 Å². The number of carbonyl (C=O) groups excluding carboxylic acids is 1. The third-order valence-electron chi connectivity index (χ3n) is 3.38. The Hall–Kier alpha value is -1.34. The zero-order valence-electron chi connectivity index (χ0n) is 11.1. The van der Waals surface area contributed by atoms with Crippen molar-refractivity contribution in [1.82, 2.24) is 14.9 Å². The summed E-state index contributed by atoms with van der Waals surface area (Å²) in [5, 5.41) is 5.23. The molecular formula is C13H15N3O2S2. The number of thioether (sulfide) groups is 1. The van der Waals surface area contributed by atoms with E-state index in [1.54, 1.807) is 11.6 Å². The van der Waals surface area contributed by atoms with Crippen LogP contribution in [0.15, 0.2) is 21.4 Å². The summed E-state index contributed by atoms with van der Waals surface area (Å²) in [7, 11) is 1.71. The predicted octanol–water partition coefficient (Wildman–Crippen LogP) is 1.76. The van der Waals surface area contributed by atoms with Gasteiger partial charge in [-0.25, -0.2) is 4.98 Å². The summed E-state index contributed by atoms with van der Waals surface area (Å²) in [6, 6.07) is 1.85. The highest BCUT2D eigenvalue weighted by Gasteiger charge is 2.24. The van der Waals surface area contributed by atoms with Gasteiger partial charge in [0.2, 0.25) is 5.91 Å². The molecule has 3 heterocycles. The zero-order chi connectivity index (χ0) is 14.1. The summed E-state index contributed by atoms with van der Waals surface area (Å²) in [5.41, 5.74) is 0.677. The summed E-state index contributed by atoms with van der Waals surface area (Å²) >= 11 is 2.79. The highest BCUT2D eigenvalue weighted by molar-refractivity contribution is 8.00. The number of hydrogen-bond donors (Lipinski definition) is 1. The number of amides is 1. The Morgan fingerprint density at radius 3 is 3.15 bits per heavy atom. The van der Waals surface area contributed by atoms with E-state index in [1.165, 1.54) is 23.1 Å². The van der Waals surface area contributed by atoms with Gasteiger partial charge in [0.1, 0.15) is 4.70 Å². The molecule has 0 radical (unpaired) electrons. The van der Waals surface area contributed by atoms with Crippen molar-refractivity contribution in [3.05, 3.63) is 21.8 Å². The maximum Gasteiger partial charge on any atom is 0.271 e. The monoisotopic (exact) mass is 309 g/mol. The highest BCUT2D eigenvalue weighted by atomic mass is 32.2. The highest BCUT2D eigenvalue weighted by Crippen LogP contribution is 2.27. The Bertz CT molecular complexity index is 707. The van der Waals surface area contributed by atoms with Gasteiger partial charge in [0.15, 0.2) is 5.16 Å². The fourth-order valence-corrected chi connectivity index (χ4v) is 4.15. The van der Waals surface area contributed by atoms with E-state index in [-0.39, 0.29) is 16.7 Å². The molecule has 0 spiro atoms. The molecule has 0 bridgehead atoms. The number of fused-ring (bicyclic) bond motifs is 1. The summed E-state index contributed by atoms with van der Waals surface area (Å²) in [6.45, 7) is 0.742. The molecule has 1 amide bonds. The molecule has 3 rings (SSSR count). The minimum atomic E-state index is -0.160. The number of nitrogens with one attached hydrogen (secondary N) is 1. The molecule has 1 atom stereocenters. The van der Waals surface area contributed by atoms with E-state index in [2.05, 4.69) is 10.3 Å². The molecule has 1 N–H and O–H groups in total. The van der Waals surface area contributed by atoms with Crippen molar-refractivity contribution in [2.45, 2.75) is 29.7 Å². The molecule has 0 aliphatic carbocycles. The van der Waals surface area contributed by atoms with Crippen molar-refractivity contribution in [3.63, 3.8) is 0 Å². The van der Waals surface area contributed by atoms with Crippen molar-refractivity contribution in [2.75, 3.05) is 6.54 Å². The van der Waals surface area contributed by atoms with E-state index < -0.39 is 0 Å². The fourth-order valence-electron chi connectivity index (χ4n) is 2.22. The molecular weight excluding hydrogens is 294 g/mol. The van der Waals surface area contributed by atoms with Gasteiger partial charge >= 0.3 is 0 Å². The zero-order valence-corrected chi connectivity index (χ0v) is 12.7. The van der Waals surface area contributed by atoms with Crippen LogP contribution in [0.4, 0.5) is 0 Å². The Balaban J connectivity index is 1.95. The molecule has 2 aromatic heterocycles. The molecule has 7 heteroatoms. The van der Waals surface area contributed by atoms with Gasteiger partial charge in [-0.3, -0.25) is 14.2 Å².